The second-order valence-corrected chi connectivity index (χ2v) is 4.47. The lowest BCUT2D eigenvalue weighted by Gasteiger charge is -2.19. The van der Waals surface area contributed by atoms with Crippen LogP contribution in [0.1, 0.15) is 29.5 Å². The molecule has 78 valence electrons. The maximum absolute atomic E-state index is 8.79. The first kappa shape index (κ1) is 10.1. The van der Waals surface area contributed by atoms with Crippen molar-refractivity contribution in [1.82, 2.24) is 4.98 Å². The highest BCUT2D eigenvalue weighted by Gasteiger charge is 2.18. The molecule has 0 amide bonds. The van der Waals surface area contributed by atoms with Crippen molar-refractivity contribution in [2.45, 2.75) is 25.2 Å². The van der Waals surface area contributed by atoms with Crippen LogP contribution in [0.4, 0.5) is 0 Å². The number of hydrogen-bond acceptors (Lipinski definition) is 4. The summed E-state index contributed by atoms with van der Waals surface area (Å²) >= 11 is 1.66. The van der Waals surface area contributed by atoms with Crippen LogP contribution >= 0.6 is 11.3 Å². The average Bonchev–Trinajstić information content (AvgIpc) is 2.68. The van der Waals surface area contributed by atoms with E-state index in [0.717, 1.165) is 31.1 Å². The predicted molar refractivity (Wildman–Crippen MR) is 55.7 cm³/mol. The number of ether oxygens (including phenoxy) is 1. The number of nitrogens with zero attached hydrogens (tertiary/aromatic N) is 1. The molecular formula is C10H15NO2S. The van der Waals surface area contributed by atoms with Gasteiger partial charge in [-0.3, -0.25) is 0 Å². The number of aliphatic hydroxyl groups is 1. The van der Waals surface area contributed by atoms with Gasteiger partial charge in [-0.15, -0.1) is 11.3 Å². The quantitative estimate of drug-likeness (QED) is 0.828. The first-order chi connectivity index (χ1) is 6.90. The molecule has 2 heterocycles. The van der Waals surface area contributed by atoms with Crippen molar-refractivity contribution in [3.05, 3.63) is 16.1 Å². The van der Waals surface area contributed by atoms with E-state index in [1.54, 1.807) is 11.3 Å². The Morgan fingerprint density at radius 3 is 3.00 bits per heavy atom. The Kier molecular flexibility index (Phi) is 3.50. The predicted octanol–water partition coefficient (Wildman–Crippen LogP) is 1.57. The van der Waals surface area contributed by atoms with Gasteiger partial charge in [0, 0.05) is 37.5 Å². The molecule has 1 fully saturated rings. The minimum Gasteiger partial charge on any atom is -0.396 e. The summed E-state index contributed by atoms with van der Waals surface area (Å²) in [5, 5.41) is 12.0. The summed E-state index contributed by atoms with van der Waals surface area (Å²) in [7, 11) is 0. The van der Waals surface area contributed by atoms with Crippen LogP contribution < -0.4 is 0 Å². The molecule has 4 heteroatoms. The Morgan fingerprint density at radius 1 is 1.50 bits per heavy atom. The smallest absolute Gasteiger partial charge is 0.0951 e. The van der Waals surface area contributed by atoms with Crippen LogP contribution in [0.25, 0.3) is 0 Å². The lowest BCUT2D eigenvalue weighted by molar-refractivity contribution is 0.0846. The van der Waals surface area contributed by atoms with E-state index >= 15 is 0 Å². The molecule has 0 radical (unpaired) electrons. The van der Waals surface area contributed by atoms with Crippen molar-refractivity contribution in [3.8, 4) is 0 Å². The van der Waals surface area contributed by atoms with E-state index in [4.69, 9.17) is 9.84 Å². The molecule has 2 rings (SSSR count). The first-order valence-electron chi connectivity index (χ1n) is 5.03. The van der Waals surface area contributed by atoms with Gasteiger partial charge in [-0.05, 0) is 12.8 Å². The van der Waals surface area contributed by atoms with Crippen LogP contribution in [-0.2, 0) is 11.2 Å². The Bertz CT molecular complexity index is 281. The molecular weight excluding hydrogens is 198 g/mol. The van der Waals surface area contributed by atoms with Crippen molar-refractivity contribution < 1.29 is 9.84 Å². The van der Waals surface area contributed by atoms with Crippen molar-refractivity contribution in [3.63, 3.8) is 0 Å². The molecule has 0 aromatic carbocycles. The lowest BCUT2D eigenvalue weighted by atomic mass is 9.98. The summed E-state index contributed by atoms with van der Waals surface area (Å²) in [6.07, 6.45) is 2.86. The van der Waals surface area contributed by atoms with Crippen LogP contribution in [0.3, 0.4) is 0 Å². The third kappa shape index (κ3) is 2.32. The monoisotopic (exact) mass is 213 g/mol. The van der Waals surface area contributed by atoms with Gasteiger partial charge in [-0.1, -0.05) is 0 Å². The zero-order valence-electron chi connectivity index (χ0n) is 8.11. The van der Waals surface area contributed by atoms with Crippen LogP contribution in [0.5, 0.6) is 0 Å². The molecule has 1 aliphatic heterocycles. The largest absolute Gasteiger partial charge is 0.396 e. The molecule has 0 aliphatic carbocycles. The van der Waals surface area contributed by atoms with Crippen LogP contribution in [0.2, 0.25) is 0 Å². The zero-order valence-corrected chi connectivity index (χ0v) is 8.92. The molecule has 1 aromatic rings. The average molecular weight is 213 g/mol. The summed E-state index contributed by atoms with van der Waals surface area (Å²) in [5.74, 6) is 0.576. The van der Waals surface area contributed by atoms with Gasteiger partial charge < -0.3 is 9.84 Å². The fourth-order valence-corrected chi connectivity index (χ4v) is 2.59. The molecule has 14 heavy (non-hydrogen) atoms. The van der Waals surface area contributed by atoms with Crippen molar-refractivity contribution in [1.29, 1.82) is 0 Å². The lowest BCUT2D eigenvalue weighted by Crippen LogP contribution is -2.14. The maximum atomic E-state index is 8.79. The minimum atomic E-state index is 0.195. The van der Waals surface area contributed by atoms with Crippen molar-refractivity contribution in [2.75, 3.05) is 19.8 Å². The van der Waals surface area contributed by atoms with Gasteiger partial charge >= 0.3 is 0 Å². The fraction of sp³-hybridized carbons (Fsp3) is 0.700. The number of hydrogen-bond donors (Lipinski definition) is 1. The third-order valence-corrected chi connectivity index (χ3v) is 3.46. The second kappa shape index (κ2) is 4.87. The van der Waals surface area contributed by atoms with Gasteiger partial charge in [-0.2, -0.15) is 0 Å². The molecule has 1 saturated heterocycles. The molecule has 1 N–H and O–H groups in total. The second-order valence-electron chi connectivity index (χ2n) is 3.53. The Hall–Kier alpha value is -0.450. The molecule has 1 aliphatic rings. The van der Waals surface area contributed by atoms with Crippen LogP contribution in [0, 0.1) is 0 Å². The van der Waals surface area contributed by atoms with Crippen LogP contribution in [-0.4, -0.2) is 29.9 Å². The summed E-state index contributed by atoms with van der Waals surface area (Å²) in [5.41, 5.74) is 1.20. The molecule has 0 unspecified atom stereocenters. The fourth-order valence-electron chi connectivity index (χ4n) is 1.72. The van der Waals surface area contributed by atoms with Crippen molar-refractivity contribution >= 4 is 11.3 Å². The SMILES string of the molecule is OCCc1nc(C2CCOCC2)cs1. The number of aromatic nitrogens is 1. The summed E-state index contributed by atoms with van der Waals surface area (Å²) in [6.45, 7) is 1.91. The van der Waals surface area contributed by atoms with Crippen LogP contribution in [0.15, 0.2) is 5.38 Å². The summed E-state index contributed by atoms with van der Waals surface area (Å²) < 4.78 is 5.31. The van der Waals surface area contributed by atoms with Gasteiger partial charge in [0.1, 0.15) is 0 Å². The highest BCUT2D eigenvalue weighted by atomic mass is 32.1. The highest BCUT2D eigenvalue weighted by Crippen LogP contribution is 2.27. The number of thiazole rings is 1. The molecule has 0 atom stereocenters. The summed E-state index contributed by atoms with van der Waals surface area (Å²) in [4.78, 5) is 4.53. The van der Waals surface area contributed by atoms with E-state index in [-0.39, 0.29) is 6.61 Å². The minimum absolute atomic E-state index is 0.195. The first-order valence-corrected chi connectivity index (χ1v) is 5.91. The highest BCUT2D eigenvalue weighted by molar-refractivity contribution is 7.09. The van der Waals surface area contributed by atoms with E-state index in [0.29, 0.717) is 12.3 Å². The molecule has 0 saturated carbocycles. The normalized spacial score (nSPS) is 18.6. The van der Waals surface area contributed by atoms with E-state index in [1.165, 1.54) is 5.69 Å². The van der Waals surface area contributed by atoms with Gasteiger partial charge in [0.05, 0.1) is 10.7 Å². The topological polar surface area (TPSA) is 42.4 Å². The van der Waals surface area contributed by atoms with E-state index in [9.17, 15) is 0 Å². The van der Waals surface area contributed by atoms with Gasteiger partial charge in [-0.25, -0.2) is 4.98 Å². The summed E-state index contributed by atoms with van der Waals surface area (Å²) in [6, 6.07) is 0. The molecule has 0 spiro atoms. The third-order valence-electron chi connectivity index (χ3n) is 2.53. The van der Waals surface area contributed by atoms with Gasteiger partial charge in [0.25, 0.3) is 0 Å². The number of rotatable bonds is 3. The Balaban J connectivity index is 2.00. The molecule has 0 bridgehead atoms. The number of aliphatic hydroxyl groups excluding tert-OH is 1. The van der Waals surface area contributed by atoms with Crippen molar-refractivity contribution in [2.24, 2.45) is 0 Å². The van der Waals surface area contributed by atoms with E-state index < -0.39 is 0 Å². The van der Waals surface area contributed by atoms with Gasteiger partial charge in [0.15, 0.2) is 0 Å². The maximum Gasteiger partial charge on any atom is 0.0951 e. The zero-order chi connectivity index (χ0) is 9.80. The Morgan fingerprint density at radius 2 is 2.29 bits per heavy atom. The van der Waals surface area contributed by atoms with E-state index in [1.807, 2.05) is 0 Å². The van der Waals surface area contributed by atoms with Gasteiger partial charge in [0.2, 0.25) is 0 Å². The molecule has 3 nitrogen and oxygen atoms in total. The Labute approximate surface area is 87.7 Å². The van der Waals surface area contributed by atoms with E-state index in [2.05, 4.69) is 10.4 Å². The molecule has 1 aromatic heterocycles. The standard InChI is InChI=1S/C10H15NO2S/c12-4-1-10-11-9(7-14-10)8-2-5-13-6-3-8/h7-8,12H,1-6H2.